The van der Waals surface area contributed by atoms with Crippen LogP contribution in [0.15, 0.2) is 199 Å². The summed E-state index contributed by atoms with van der Waals surface area (Å²) in [5.74, 6) is 1.74. The predicted molar refractivity (Wildman–Crippen MR) is 238 cm³/mol. The molecule has 9 aromatic carbocycles. The van der Waals surface area contributed by atoms with Gasteiger partial charge in [0.15, 0.2) is 17.5 Å². The average Bonchev–Trinajstić information content (AvgIpc) is 3.84. The summed E-state index contributed by atoms with van der Waals surface area (Å²) in [6, 6.07) is 68.1. The number of hydrogen-bond donors (Lipinski definition) is 0. The number of fused-ring (bicyclic) bond motifs is 8. The Morgan fingerprint density at radius 1 is 0.362 bits per heavy atom. The molecule has 0 spiro atoms. The summed E-state index contributed by atoms with van der Waals surface area (Å²) in [7, 11) is 0. The van der Waals surface area contributed by atoms with E-state index in [-0.39, 0.29) is 0 Å². The summed E-state index contributed by atoms with van der Waals surface area (Å²) in [4.78, 5) is 15.4. The third kappa shape index (κ3) is 5.14. The molecule has 0 unspecified atom stereocenters. The molecule has 0 N–H and O–H groups in total. The zero-order chi connectivity index (χ0) is 38.2. The second kappa shape index (κ2) is 12.8. The first kappa shape index (κ1) is 32.4. The smallest absolute Gasteiger partial charge is 0.167 e. The van der Waals surface area contributed by atoms with Crippen LogP contribution in [0, 0.1) is 0 Å². The van der Waals surface area contributed by atoms with E-state index in [1.165, 1.54) is 32.3 Å². The van der Waals surface area contributed by atoms with Crippen molar-refractivity contribution in [1.29, 1.82) is 0 Å². The van der Waals surface area contributed by atoms with Crippen molar-refractivity contribution >= 4 is 65.3 Å². The average molecular weight is 741 g/mol. The lowest BCUT2D eigenvalue weighted by Gasteiger charge is -2.13. The molecule has 0 bridgehead atoms. The molecule has 0 atom stereocenters. The lowest BCUT2D eigenvalue weighted by Crippen LogP contribution is -2.01. The normalized spacial score (nSPS) is 11.8. The maximum Gasteiger partial charge on any atom is 0.167 e. The maximum atomic E-state index is 6.84. The largest absolute Gasteiger partial charge is 0.455 e. The molecule has 0 saturated carbocycles. The van der Waals surface area contributed by atoms with Crippen molar-refractivity contribution in [1.82, 2.24) is 19.5 Å². The topological polar surface area (TPSA) is 56.7 Å². The molecule has 0 saturated heterocycles. The van der Waals surface area contributed by atoms with E-state index in [0.717, 1.165) is 66.5 Å². The van der Waals surface area contributed by atoms with Gasteiger partial charge in [-0.25, -0.2) is 15.0 Å². The predicted octanol–water partition coefficient (Wildman–Crippen LogP) is 13.8. The van der Waals surface area contributed by atoms with E-state index in [1.54, 1.807) is 0 Å². The zero-order valence-corrected chi connectivity index (χ0v) is 31.2. The Balaban J connectivity index is 1.07. The SMILES string of the molecule is c1ccc(-c2nc(-c3ccc(-c4ccc5ccccc5c4)cc3)nc(-c3ccc(-n4c5ccccc5c5cc6ccccc6cc54)c4c3oc3ccccc34)n2)cc1. The number of furan rings is 1. The molecule has 0 amide bonds. The Hall–Kier alpha value is -7.89. The van der Waals surface area contributed by atoms with E-state index in [0.29, 0.717) is 17.5 Å². The summed E-state index contributed by atoms with van der Waals surface area (Å²) in [6.07, 6.45) is 0. The molecular formula is C53H32N4O. The Morgan fingerprint density at radius 2 is 0.948 bits per heavy atom. The highest BCUT2D eigenvalue weighted by Gasteiger charge is 2.23. The molecule has 58 heavy (non-hydrogen) atoms. The van der Waals surface area contributed by atoms with Crippen molar-refractivity contribution in [3.8, 4) is 51.0 Å². The number of nitrogens with zero attached hydrogens (tertiary/aromatic N) is 4. The van der Waals surface area contributed by atoms with Gasteiger partial charge < -0.3 is 8.98 Å². The fourth-order valence-corrected chi connectivity index (χ4v) is 8.61. The Morgan fingerprint density at radius 3 is 1.74 bits per heavy atom. The molecule has 0 aliphatic heterocycles. The van der Waals surface area contributed by atoms with Crippen molar-refractivity contribution in [3.63, 3.8) is 0 Å². The third-order valence-electron chi connectivity index (χ3n) is 11.4. The lowest BCUT2D eigenvalue weighted by atomic mass is 10.00. The molecule has 270 valence electrons. The van der Waals surface area contributed by atoms with E-state index < -0.39 is 0 Å². The molecular weight excluding hydrogens is 709 g/mol. The van der Waals surface area contributed by atoms with Crippen LogP contribution in [0.25, 0.3) is 116 Å². The van der Waals surface area contributed by atoms with Crippen LogP contribution in [0.2, 0.25) is 0 Å². The molecule has 0 fully saturated rings. The second-order valence-corrected chi connectivity index (χ2v) is 14.8. The standard InChI is InChI=1S/C53H32N4O/c1-2-13-35(14-3-1)51-54-52(36-25-22-34(23-26-36)40-27-24-33-12-4-5-15-37(33)30-40)56-53(55-51)43-28-29-46(49-42-19-9-11-21-48(42)58-50(43)49)57-45-20-10-8-18-41(45)44-31-38-16-6-7-17-39(38)32-47(44)57/h1-32H. The molecule has 0 aliphatic carbocycles. The fraction of sp³-hybridized carbons (Fsp3) is 0. The van der Waals surface area contributed by atoms with Gasteiger partial charge in [-0.1, -0.05) is 152 Å². The van der Waals surface area contributed by atoms with Crippen molar-refractivity contribution in [2.75, 3.05) is 0 Å². The van der Waals surface area contributed by atoms with Crippen LogP contribution in [-0.4, -0.2) is 19.5 Å². The van der Waals surface area contributed by atoms with Crippen LogP contribution < -0.4 is 0 Å². The summed E-state index contributed by atoms with van der Waals surface area (Å²) >= 11 is 0. The minimum Gasteiger partial charge on any atom is -0.455 e. The third-order valence-corrected chi connectivity index (χ3v) is 11.4. The lowest BCUT2D eigenvalue weighted by molar-refractivity contribution is 0.669. The number of para-hydroxylation sites is 2. The molecule has 0 aliphatic rings. The molecule has 0 radical (unpaired) electrons. The molecule has 12 rings (SSSR count). The first-order chi connectivity index (χ1) is 28.7. The van der Waals surface area contributed by atoms with Gasteiger partial charge in [-0.3, -0.25) is 0 Å². The van der Waals surface area contributed by atoms with Crippen LogP contribution in [0.3, 0.4) is 0 Å². The van der Waals surface area contributed by atoms with Gasteiger partial charge in [0.2, 0.25) is 0 Å². The van der Waals surface area contributed by atoms with Gasteiger partial charge in [0.1, 0.15) is 11.2 Å². The molecule has 12 aromatic rings. The fourth-order valence-electron chi connectivity index (χ4n) is 8.61. The van der Waals surface area contributed by atoms with Crippen LogP contribution in [0.1, 0.15) is 0 Å². The van der Waals surface area contributed by atoms with Crippen molar-refractivity contribution in [3.05, 3.63) is 194 Å². The summed E-state index contributed by atoms with van der Waals surface area (Å²) in [6.45, 7) is 0. The van der Waals surface area contributed by atoms with Gasteiger partial charge in [0.05, 0.1) is 27.7 Å². The molecule has 5 nitrogen and oxygen atoms in total. The van der Waals surface area contributed by atoms with Crippen molar-refractivity contribution in [2.45, 2.75) is 0 Å². The van der Waals surface area contributed by atoms with Crippen molar-refractivity contribution < 1.29 is 4.42 Å². The van der Waals surface area contributed by atoms with E-state index in [9.17, 15) is 0 Å². The number of hydrogen-bond acceptors (Lipinski definition) is 4. The Bertz CT molecular complexity index is 3560. The Labute approximate surface area is 333 Å². The molecule has 3 aromatic heterocycles. The van der Waals surface area contributed by atoms with Gasteiger partial charge in [-0.05, 0) is 75.1 Å². The second-order valence-electron chi connectivity index (χ2n) is 14.8. The van der Waals surface area contributed by atoms with Crippen LogP contribution in [-0.2, 0) is 0 Å². The summed E-state index contributed by atoms with van der Waals surface area (Å²) in [5.41, 5.74) is 9.75. The van der Waals surface area contributed by atoms with Crippen LogP contribution in [0.5, 0.6) is 0 Å². The number of aromatic nitrogens is 4. The first-order valence-electron chi connectivity index (χ1n) is 19.5. The number of rotatable bonds is 5. The van der Waals surface area contributed by atoms with E-state index in [1.807, 2.05) is 42.5 Å². The summed E-state index contributed by atoms with van der Waals surface area (Å²) < 4.78 is 9.23. The highest BCUT2D eigenvalue weighted by molar-refractivity contribution is 6.18. The van der Waals surface area contributed by atoms with Gasteiger partial charge in [0.25, 0.3) is 0 Å². The van der Waals surface area contributed by atoms with Gasteiger partial charge >= 0.3 is 0 Å². The number of benzene rings is 9. The van der Waals surface area contributed by atoms with E-state index in [2.05, 4.69) is 156 Å². The van der Waals surface area contributed by atoms with E-state index >= 15 is 0 Å². The summed E-state index contributed by atoms with van der Waals surface area (Å²) in [5, 5.41) is 9.30. The van der Waals surface area contributed by atoms with Gasteiger partial charge in [-0.15, -0.1) is 0 Å². The molecule has 3 heterocycles. The van der Waals surface area contributed by atoms with Gasteiger partial charge in [0, 0.05) is 27.3 Å². The maximum absolute atomic E-state index is 6.84. The van der Waals surface area contributed by atoms with E-state index in [4.69, 9.17) is 19.4 Å². The van der Waals surface area contributed by atoms with Gasteiger partial charge in [-0.2, -0.15) is 0 Å². The Kier molecular flexibility index (Phi) is 7.16. The zero-order valence-electron chi connectivity index (χ0n) is 31.2. The van der Waals surface area contributed by atoms with Crippen molar-refractivity contribution in [2.24, 2.45) is 0 Å². The van der Waals surface area contributed by atoms with Crippen LogP contribution >= 0.6 is 0 Å². The minimum atomic E-state index is 0.547. The quantitative estimate of drug-likeness (QED) is 0.176. The first-order valence-corrected chi connectivity index (χ1v) is 19.5. The monoisotopic (exact) mass is 740 g/mol. The minimum absolute atomic E-state index is 0.547. The highest BCUT2D eigenvalue weighted by atomic mass is 16.3. The highest BCUT2D eigenvalue weighted by Crippen LogP contribution is 2.43. The molecule has 5 heteroatoms. The van der Waals surface area contributed by atoms with Crippen LogP contribution in [0.4, 0.5) is 0 Å².